The van der Waals surface area contributed by atoms with Crippen molar-refractivity contribution in [1.29, 1.82) is 0 Å². The molecule has 4 nitrogen and oxygen atoms in total. The summed E-state index contributed by atoms with van der Waals surface area (Å²) >= 11 is 12.0. The molecule has 28 heavy (non-hydrogen) atoms. The molecule has 1 aromatic heterocycles. The van der Waals surface area contributed by atoms with Crippen LogP contribution in [-0.2, 0) is 11.3 Å². The monoisotopic (exact) mass is 418 g/mol. The highest BCUT2D eigenvalue weighted by molar-refractivity contribution is 6.42. The van der Waals surface area contributed by atoms with Gasteiger partial charge in [-0.05, 0) is 36.6 Å². The lowest BCUT2D eigenvalue weighted by molar-refractivity contribution is -0.684. The lowest BCUT2D eigenvalue weighted by Gasteiger charge is -2.04. The zero-order valence-electron chi connectivity index (χ0n) is 16.1. The summed E-state index contributed by atoms with van der Waals surface area (Å²) in [5.41, 5.74) is 4.42. The Labute approximate surface area is 176 Å². The SMILES string of the molecule is CCCCCCC(/C=C\c1ccc(Cl)c(Cl)c1)=N/NC(=O)C[n+]1ccccc1. The first-order valence-corrected chi connectivity index (χ1v) is 10.3. The van der Waals surface area contributed by atoms with Crippen LogP contribution in [-0.4, -0.2) is 11.6 Å². The van der Waals surface area contributed by atoms with Crippen LogP contribution in [0.15, 0.2) is 60.0 Å². The number of hydrogen-bond donors (Lipinski definition) is 1. The molecule has 1 aromatic carbocycles. The van der Waals surface area contributed by atoms with Crippen molar-refractivity contribution in [1.82, 2.24) is 5.43 Å². The maximum absolute atomic E-state index is 12.2. The number of pyridine rings is 1. The molecule has 0 aliphatic rings. The molecule has 0 unspecified atom stereocenters. The summed E-state index contributed by atoms with van der Waals surface area (Å²) in [5.74, 6) is -0.162. The minimum atomic E-state index is -0.162. The number of aromatic nitrogens is 1. The first-order chi connectivity index (χ1) is 13.6. The van der Waals surface area contributed by atoms with E-state index in [4.69, 9.17) is 23.2 Å². The van der Waals surface area contributed by atoms with Crippen LogP contribution in [0.25, 0.3) is 6.08 Å². The molecule has 2 rings (SSSR count). The Hall–Kier alpha value is -2.17. The van der Waals surface area contributed by atoms with Gasteiger partial charge in [-0.15, -0.1) is 0 Å². The van der Waals surface area contributed by atoms with Crippen LogP contribution in [0, 0.1) is 0 Å². The summed E-state index contributed by atoms with van der Waals surface area (Å²) in [5, 5.41) is 5.37. The van der Waals surface area contributed by atoms with Crippen LogP contribution >= 0.6 is 23.2 Å². The van der Waals surface area contributed by atoms with E-state index in [0.717, 1.165) is 30.5 Å². The molecule has 6 heteroatoms. The molecule has 0 radical (unpaired) electrons. The molecule has 0 aliphatic carbocycles. The first-order valence-electron chi connectivity index (χ1n) is 9.51. The van der Waals surface area contributed by atoms with Gasteiger partial charge in [-0.3, -0.25) is 4.79 Å². The number of allylic oxidation sites excluding steroid dienone is 1. The topological polar surface area (TPSA) is 45.3 Å². The molecule has 0 atom stereocenters. The highest BCUT2D eigenvalue weighted by atomic mass is 35.5. The van der Waals surface area contributed by atoms with E-state index in [1.54, 1.807) is 16.7 Å². The Balaban J connectivity index is 2.02. The molecule has 1 amide bonds. The second-order valence-electron chi connectivity index (χ2n) is 6.50. The van der Waals surface area contributed by atoms with E-state index in [0.29, 0.717) is 10.0 Å². The molecule has 1 heterocycles. The zero-order chi connectivity index (χ0) is 20.2. The summed E-state index contributed by atoms with van der Waals surface area (Å²) in [6.07, 6.45) is 12.9. The van der Waals surface area contributed by atoms with Crippen LogP contribution in [0.1, 0.15) is 44.6 Å². The summed E-state index contributed by atoms with van der Waals surface area (Å²) in [6.45, 7) is 2.41. The Morgan fingerprint density at radius 3 is 2.61 bits per heavy atom. The Morgan fingerprint density at radius 2 is 1.89 bits per heavy atom. The average Bonchev–Trinajstić information content (AvgIpc) is 2.70. The van der Waals surface area contributed by atoms with Gasteiger partial charge in [0.25, 0.3) is 0 Å². The van der Waals surface area contributed by atoms with Gasteiger partial charge < -0.3 is 0 Å². The Morgan fingerprint density at radius 1 is 1.11 bits per heavy atom. The maximum Gasteiger partial charge on any atom is 0.305 e. The van der Waals surface area contributed by atoms with Crippen LogP contribution in [0.5, 0.6) is 0 Å². The third kappa shape index (κ3) is 8.24. The van der Waals surface area contributed by atoms with Crippen molar-refractivity contribution < 1.29 is 9.36 Å². The van der Waals surface area contributed by atoms with Crippen molar-refractivity contribution >= 4 is 40.9 Å². The number of hydrogen-bond acceptors (Lipinski definition) is 2. The van der Waals surface area contributed by atoms with Gasteiger partial charge in [0.05, 0.1) is 15.8 Å². The van der Waals surface area contributed by atoms with E-state index in [2.05, 4.69) is 17.5 Å². The van der Waals surface area contributed by atoms with Gasteiger partial charge in [-0.25, -0.2) is 5.43 Å². The molecule has 0 spiro atoms. The number of rotatable bonds is 10. The van der Waals surface area contributed by atoms with E-state index < -0.39 is 0 Å². The second kappa shape index (κ2) is 12.3. The van der Waals surface area contributed by atoms with E-state index >= 15 is 0 Å². The minimum absolute atomic E-state index is 0.162. The number of nitrogens with one attached hydrogen (secondary N) is 1. The summed E-state index contributed by atoms with van der Waals surface area (Å²) in [7, 11) is 0. The molecule has 0 bridgehead atoms. The molecular weight excluding hydrogens is 393 g/mol. The molecule has 0 saturated heterocycles. The van der Waals surface area contributed by atoms with E-state index in [-0.39, 0.29) is 12.5 Å². The fourth-order valence-corrected chi connectivity index (χ4v) is 2.90. The fourth-order valence-electron chi connectivity index (χ4n) is 2.59. The number of amides is 1. The Bertz CT molecular complexity index is 820. The van der Waals surface area contributed by atoms with E-state index in [9.17, 15) is 4.79 Å². The van der Waals surface area contributed by atoms with Gasteiger partial charge in [0, 0.05) is 12.1 Å². The second-order valence-corrected chi connectivity index (χ2v) is 7.32. The van der Waals surface area contributed by atoms with Gasteiger partial charge in [-0.2, -0.15) is 9.67 Å². The molecule has 0 fully saturated rings. The largest absolute Gasteiger partial charge is 0.305 e. The molecule has 0 aliphatic heterocycles. The number of nitrogens with zero attached hydrogens (tertiary/aromatic N) is 2. The third-order valence-corrected chi connectivity index (χ3v) is 4.87. The van der Waals surface area contributed by atoms with Crippen molar-refractivity contribution in [3.05, 3.63) is 70.5 Å². The standard InChI is InChI=1S/C22H25Cl2N3O/c1-2-3-4-6-9-19(12-10-18-11-13-20(23)21(24)16-18)25-26-22(28)17-27-14-7-5-8-15-27/h5,7-8,10-16H,2-4,6,9,17H2,1H3/p+1/b12-10-,25-19-. The Kier molecular flexibility index (Phi) is 9.73. The quantitative estimate of drug-likeness (QED) is 0.237. The molecular formula is C22H26Cl2N3O+. The predicted octanol–water partition coefficient (Wildman–Crippen LogP) is 5.44. The van der Waals surface area contributed by atoms with Crippen molar-refractivity contribution in [2.45, 2.75) is 45.6 Å². The van der Waals surface area contributed by atoms with Crippen molar-refractivity contribution in [3.8, 4) is 0 Å². The number of unbranched alkanes of at least 4 members (excludes halogenated alkanes) is 3. The molecule has 1 N–H and O–H groups in total. The third-order valence-electron chi connectivity index (χ3n) is 4.13. The fraction of sp³-hybridized carbons (Fsp3) is 0.318. The zero-order valence-corrected chi connectivity index (χ0v) is 17.6. The average molecular weight is 419 g/mol. The van der Waals surface area contributed by atoms with Gasteiger partial charge in [0.1, 0.15) is 0 Å². The summed E-state index contributed by atoms with van der Waals surface area (Å²) in [4.78, 5) is 12.2. The van der Waals surface area contributed by atoms with E-state index in [1.807, 2.05) is 48.8 Å². The van der Waals surface area contributed by atoms with Crippen molar-refractivity contribution in [2.24, 2.45) is 5.10 Å². The number of hydrazone groups is 1. The van der Waals surface area contributed by atoms with Gasteiger partial charge >= 0.3 is 5.91 Å². The summed E-state index contributed by atoms with van der Waals surface area (Å²) < 4.78 is 1.80. The maximum atomic E-state index is 12.2. The highest BCUT2D eigenvalue weighted by Crippen LogP contribution is 2.23. The van der Waals surface area contributed by atoms with Crippen LogP contribution < -0.4 is 9.99 Å². The van der Waals surface area contributed by atoms with Gasteiger partial charge in [0.2, 0.25) is 6.54 Å². The lowest BCUT2D eigenvalue weighted by atomic mass is 10.1. The predicted molar refractivity (Wildman–Crippen MR) is 116 cm³/mol. The molecule has 2 aromatic rings. The van der Waals surface area contributed by atoms with E-state index in [1.165, 1.54) is 12.8 Å². The van der Waals surface area contributed by atoms with Gasteiger partial charge in [0.15, 0.2) is 12.4 Å². The number of carbonyl (C=O) groups is 1. The smallest absolute Gasteiger partial charge is 0.266 e. The first kappa shape index (κ1) is 22.1. The van der Waals surface area contributed by atoms with Crippen molar-refractivity contribution in [3.63, 3.8) is 0 Å². The number of benzene rings is 1. The molecule has 0 saturated carbocycles. The van der Waals surface area contributed by atoms with Crippen LogP contribution in [0.2, 0.25) is 10.0 Å². The number of carbonyl (C=O) groups excluding carboxylic acids is 1. The number of halogens is 2. The van der Waals surface area contributed by atoms with Crippen LogP contribution in [0.3, 0.4) is 0 Å². The van der Waals surface area contributed by atoms with Crippen LogP contribution in [0.4, 0.5) is 0 Å². The highest BCUT2D eigenvalue weighted by Gasteiger charge is 2.07. The lowest BCUT2D eigenvalue weighted by Crippen LogP contribution is -2.41. The van der Waals surface area contributed by atoms with Gasteiger partial charge in [-0.1, -0.05) is 67.6 Å². The summed E-state index contributed by atoms with van der Waals surface area (Å²) in [6, 6.07) is 11.1. The minimum Gasteiger partial charge on any atom is -0.266 e. The molecule has 148 valence electrons. The van der Waals surface area contributed by atoms with Crippen molar-refractivity contribution in [2.75, 3.05) is 0 Å². The normalized spacial score (nSPS) is 11.8.